The van der Waals surface area contributed by atoms with Crippen molar-refractivity contribution in [2.45, 2.75) is 13.3 Å². The van der Waals surface area contributed by atoms with Crippen molar-refractivity contribution in [3.05, 3.63) is 48.0 Å². The van der Waals surface area contributed by atoms with Crippen LogP contribution in [0, 0.1) is 0 Å². The second-order valence-electron chi connectivity index (χ2n) is 4.48. The van der Waals surface area contributed by atoms with E-state index in [9.17, 15) is 0 Å². The normalized spacial score (nSPS) is 10.8. The monoisotopic (exact) mass is 252 g/mol. The molecule has 0 bridgehead atoms. The molecular weight excluding hydrogens is 236 g/mol. The first kappa shape index (κ1) is 11.8. The van der Waals surface area contributed by atoms with Gasteiger partial charge in [0, 0.05) is 11.6 Å². The number of H-pyrrole nitrogens is 1. The summed E-state index contributed by atoms with van der Waals surface area (Å²) in [7, 11) is 1.67. The molecule has 0 aliphatic heterocycles. The van der Waals surface area contributed by atoms with E-state index in [1.165, 1.54) is 11.1 Å². The van der Waals surface area contributed by atoms with Gasteiger partial charge in [-0.2, -0.15) is 0 Å². The van der Waals surface area contributed by atoms with E-state index in [0.717, 1.165) is 29.0 Å². The minimum atomic E-state index is 0.839. The molecule has 0 unspecified atom stereocenters. The van der Waals surface area contributed by atoms with Gasteiger partial charge < -0.3 is 9.72 Å². The highest BCUT2D eigenvalue weighted by atomic mass is 16.5. The van der Waals surface area contributed by atoms with Crippen molar-refractivity contribution in [3.8, 4) is 17.1 Å². The molecule has 2 aromatic carbocycles. The highest BCUT2D eigenvalue weighted by Crippen LogP contribution is 2.26. The Kier molecular flexibility index (Phi) is 2.95. The van der Waals surface area contributed by atoms with Gasteiger partial charge in [0.15, 0.2) is 0 Å². The Morgan fingerprint density at radius 2 is 2.00 bits per heavy atom. The van der Waals surface area contributed by atoms with Crippen LogP contribution >= 0.6 is 0 Å². The van der Waals surface area contributed by atoms with Crippen LogP contribution in [-0.4, -0.2) is 17.1 Å². The Morgan fingerprint density at radius 3 is 2.79 bits per heavy atom. The zero-order chi connectivity index (χ0) is 13.2. The predicted molar refractivity (Wildman–Crippen MR) is 77.5 cm³/mol. The van der Waals surface area contributed by atoms with Crippen molar-refractivity contribution in [1.82, 2.24) is 9.97 Å². The van der Waals surface area contributed by atoms with E-state index in [1.54, 1.807) is 7.11 Å². The lowest BCUT2D eigenvalue weighted by Crippen LogP contribution is -1.88. The average molecular weight is 252 g/mol. The SMILES string of the molecule is CCc1ccccc1-c1nc2ccc(OC)cc2[nH]1. The topological polar surface area (TPSA) is 37.9 Å². The summed E-state index contributed by atoms with van der Waals surface area (Å²) in [4.78, 5) is 8.03. The maximum Gasteiger partial charge on any atom is 0.138 e. The van der Waals surface area contributed by atoms with Gasteiger partial charge in [-0.1, -0.05) is 31.2 Å². The van der Waals surface area contributed by atoms with E-state index in [1.807, 2.05) is 24.3 Å². The number of nitrogens with zero attached hydrogens (tertiary/aromatic N) is 1. The minimum Gasteiger partial charge on any atom is -0.497 e. The molecule has 19 heavy (non-hydrogen) atoms. The highest BCUT2D eigenvalue weighted by molar-refractivity contribution is 5.81. The molecule has 1 aromatic heterocycles. The quantitative estimate of drug-likeness (QED) is 0.770. The molecule has 0 amide bonds. The third-order valence-corrected chi connectivity index (χ3v) is 3.34. The first-order valence-corrected chi connectivity index (χ1v) is 6.44. The summed E-state index contributed by atoms with van der Waals surface area (Å²) in [6.45, 7) is 2.16. The predicted octanol–water partition coefficient (Wildman–Crippen LogP) is 3.80. The lowest BCUT2D eigenvalue weighted by molar-refractivity contribution is 0.415. The standard InChI is InChI=1S/C16H16N2O/c1-3-11-6-4-5-7-13(11)16-17-14-9-8-12(19-2)10-15(14)18-16/h4-10H,3H2,1-2H3,(H,17,18). The minimum absolute atomic E-state index is 0.839. The van der Waals surface area contributed by atoms with Crippen molar-refractivity contribution >= 4 is 11.0 Å². The molecule has 1 N–H and O–H groups in total. The van der Waals surface area contributed by atoms with Gasteiger partial charge >= 0.3 is 0 Å². The lowest BCUT2D eigenvalue weighted by atomic mass is 10.1. The van der Waals surface area contributed by atoms with Gasteiger partial charge in [-0.3, -0.25) is 0 Å². The van der Waals surface area contributed by atoms with Gasteiger partial charge in [0.25, 0.3) is 0 Å². The summed E-state index contributed by atoms with van der Waals surface area (Å²) in [5.74, 6) is 1.76. The van der Waals surface area contributed by atoms with Gasteiger partial charge in [0.1, 0.15) is 11.6 Å². The van der Waals surface area contributed by atoms with Crippen molar-refractivity contribution in [1.29, 1.82) is 0 Å². The maximum absolute atomic E-state index is 5.23. The number of hydrogen-bond acceptors (Lipinski definition) is 2. The number of hydrogen-bond donors (Lipinski definition) is 1. The van der Waals surface area contributed by atoms with Crippen LogP contribution in [0.5, 0.6) is 5.75 Å². The largest absolute Gasteiger partial charge is 0.497 e. The summed E-state index contributed by atoms with van der Waals surface area (Å²) >= 11 is 0. The first-order valence-electron chi connectivity index (χ1n) is 6.44. The van der Waals surface area contributed by atoms with Gasteiger partial charge in [-0.05, 0) is 24.1 Å². The van der Waals surface area contributed by atoms with Crippen LogP contribution in [0.2, 0.25) is 0 Å². The molecule has 3 aromatic rings. The van der Waals surface area contributed by atoms with E-state index in [4.69, 9.17) is 4.74 Å². The molecule has 96 valence electrons. The van der Waals surface area contributed by atoms with Crippen LogP contribution in [0.25, 0.3) is 22.4 Å². The number of aromatic nitrogens is 2. The van der Waals surface area contributed by atoms with Crippen LogP contribution in [0.3, 0.4) is 0 Å². The van der Waals surface area contributed by atoms with Gasteiger partial charge in [0.05, 0.1) is 18.1 Å². The van der Waals surface area contributed by atoms with Gasteiger partial charge in [-0.15, -0.1) is 0 Å². The number of aryl methyl sites for hydroxylation is 1. The van der Waals surface area contributed by atoms with Crippen molar-refractivity contribution in [2.75, 3.05) is 7.11 Å². The van der Waals surface area contributed by atoms with Crippen LogP contribution in [0.15, 0.2) is 42.5 Å². The lowest BCUT2D eigenvalue weighted by Gasteiger charge is -2.03. The molecule has 3 heteroatoms. The number of benzene rings is 2. The van der Waals surface area contributed by atoms with E-state index in [2.05, 4.69) is 35.1 Å². The Labute approximate surface area is 112 Å². The first-order chi connectivity index (χ1) is 9.31. The Bertz CT molecular complexity index is 716. The van der Waals surface area contributed by atoms with Crippen LogP contribution in [0.4, 0.5) is 0 Å². The van der Waals surface area contributed by atoms with E-state index >= 15 is 0 Å². The average Bonchev–Trinajstić information content (AvgIpc) is 2.89. The fourth-order valence-corrected chi connectivity index (χ4v) is 2.30. The number of aromatic amines is 1. The Morgan fingerprint density at radius 1 is 1.16 bits per heavy atom. The molecule has 0 spiro atoms. The molecule has 0 saturated heterocycles. The summed E-state index contributed by atoms with van der Waals surface area (Å²) in [5.41, 5.74) is 4.43. The number of fused-ring (bicyclic) bond motifs is 1. The molecular formula is C16H16N2O. The van der Waals surface area contributed by atoms with Crippen molar-refractivity contribution < 1.29 is 4.74 Å². The van der Waals surface area contributed by atoms with Crippen LogP contribution < -0.4 is 4.74 Å². The molecule has 0 aliphatic carbocycles. The molecule has 0 aliphatic rings. The summed E-state index contributed by atoms with van der Waals surface area (Å²) < 4.78 is 5.23. The Balaban J connectivity index is 2.15. The molecule has 0 fully saturated rings. The number of nitrogens with one attached hydrogen (secondary N) is 1. The van der Waals surface area contributed by atoms with E-state index in [0.29, 0.717) is 0 Å². The van der Waals surface area contributed by atoms with Crippen molar-refractivity contribution in [3.63, 3.8) is 0 Å². The Hall–Kier alpha value is -2.29. The number of methoxy groups -OCH3 is 1. The maximum atomic E-state index is 5.23. The number of ether oxygens (including phenoxy) is 1. The molecule has 0 radical (unpaired) electrons. The van der Waals surface area contributed by atoms with Crippen LogP contribution in [0.1, 0.15) is 12.5 Å². The third kappa shape index (κ3) is 2.08. The summed E-state index contributed by atoms with van der Waals surface area (Å²) in [6, 6.07) is 14.2. The number of rotatable bonds is 3. The smallest absolute Gasteiger partial charge is 0.138 e. The second kappa shape index (κ2) is 4.76. The van der Waals surface area contributed by atoms with Crippen molar-refractivity contribution in [2.24, 2.45) is 0 Å². The summed E-state index contributed by atoms with van der Waals surface area (Å²) in [6.07, 6.45) is 0.997. The molecule has 3 nitrogen and oxygen atoms in total. The zero-order valence-electron chi connectivity index (χ0n) is 11.1. The highest BCUT2D eigenvalue weighted by Gasteiger charge is 2.08. The second-order valence-corrected chi connectivity index (χ2v) is 4.48. The van der Waals surface area contributed by atoms with Crippen LogP contribution in [-0.2, 0) is 6.42 Å². The fourth-order valence-electron chi connectivity index (χ4n) is 2.30. The third-order valence-electron chi connectivity index (χ3n) is 3.34. The molecule has 1 heterocycles. The zero-order valence-corrected chi connectivity index (χ0v) is 11.1. The molecule has 0 atom stereocenters. The van der Waals surface area contributed by atoms with Gasteiger partial charge in [-0.25, -0.2) is 4.98 Å². The van der Waals surface area contributed by atoms with E-state index in [-0.39, 0.29) is 0 Å². The van der Waals surface area contributed by atoms with E-state index < -0.39 is 0 Å². The fraction of sp³-hybridized carbons (Fsp3) is 0.188. The molecule has 0 saturated carbocycles. The van der Waals surface area contributed by atoms with Gasteiger partial charge in [0.2, 0.25) is 0 Å². The molecule has 3 rings (SSSR count). The summed E-state index contributed by atoms with van der Waals surface area (Å²) in [5, 5.41) is 0. The number of imidazole rings is 1.